The molecule has 106 valence electrons. The average molecular weight is 265 g/mol. The highest BCUT2D eigenvalue weighted by atomic mass is 16.4. The normalized spacial score (nSPS) is 17.5. The number of aryl methyl sites for hydroxylation is 1. The van der Waals surface area contributed by atoms with Gasteiger partial charge < -0.3 is 5.11 Å². The fourth-order valence-electron chi connectivity index (χ4n) is 2.40. The molecule has 2 N–H and O–H groups in total. The summed E-state index contributed by atoms with van der Waals surface area (Å²) in [6, 6.07) is -0.423. The van der Waals surface area contributed by atoms with Crippen LogP contribution >= 0.6 is 0 Å². The van der Waals surface area contributed by atoms with Crippen LogP contribution in [0.15, 0.2) is 6.20 Å². The van der Waals surface area contributed by atoms with Gasteiger partial charge in [-0.25, -0.2) is 0 Å². The molecule has 0 radical (unpaired) electrons. The van der Waals surface area contributed by atoms with Gasteiger partial charge in [0.1, 0.15) is 6.04 Å². The molecule has 5 heteroatoms. The van der Waals surface area contributed by atoms with E-state index in [1.807, 2.05) is 13.2 Å². The predicted octanol–water partition coefficient (Wildman–Crippen LogP) is 1.67. The maximum absolute atomic E-state index is 11.2. The highest BCUT2D eigenvalue weighted by Gasteiger charge is 2.36. The largest absolute Gasteiger partial charge is 0.480 e. The molecule has 1 atom stereocenters. The Balaban J connectivity index is 2.08. The Labute approximate surface area is 114 Å². The van der Waals surface area contributed by atoms with Gasteiger partial charge in [0.2, 0.25) is 0 Å². The van der Waals surface area contributed by atoms with Crippen molar-refractivity contribution in [1.29, 1.82) is 0 Å². The number of carbonyl (C=O) groups is 1. The van der Waals surface area contributed by atoms with Crippen molar-refractivity contribution in [1.82, 2.24) is 15.1 Å². The van der Waals surface area contributed by atoms with E-state index in [1.165, 1.54) is 0 Å². The van der Waals surface area contributed by atoms with Gasteiger partial charge in [0.25, 0.3) is 0 Å². The van der Waals surface area contributed by atoms with Gasteiger partial charge in [0.05, 0.1) is 5.69 Å². The molecule has 0 amide bonds. The molecule has 0 aromatic carbocycles. The number of nitrogens with one attached hydrogen (secondary N) is 1. The summed E-state index contributed by atoms with van der Waals surface area (Å²) in [5.74, 6) is -0.448. The second-order valence-corrected chi connectivity index (χ2v) is 6.46. The lowest BCUT2D eigenvalue weighted by Gasteiger charge is -2.19. The minimum Gasteiger partial charge on any atom is -0.480 e. The van der Waals surface area contributed by atoms with Crippen molar-refractivity contribution in [3.63, 3.8) is 0 Å². The monoisotopic (exact) mass is 265 g/mol. The number of carboxylic acid groups (broad SMARTS) is 1. The molecule has 1 aromatic rings. The standard InChI is InChI=1S/C14H23N3O2/c1-14(2,3)12-10(8-17(4)16-12)7-15-11(13(18)19)9-5-6-9/h8-9,11,15H,5-7H2,1-4H3,(H,18,19). The quantitative estimate of drug-likeness (QED) is 0.850. The third kappa shape index (κ3) is 3.35. The molecule has 1 saturated carbocycles. The highest BCUT2D eigenvalue weighted by molar-refractivity contribution is 5.74. The molecule has 1 heterocycles. The molecule has 19 heavy (non-hydrogen) atoms. The second-order valence-electron chi connectivity index (χ2n) is 6.46. The van der Waals surface area contributed by atoms with Crippen LogP contribution in [0.3, 0.4) is 0 Å². The van der Waals surface area contributed by atoms with Crippen molar-refractivity contribution in [3.05, 3.63) is 17.5 Å². The maximum Gasteiger partial charge on any atom is 0.320 e. The molecule has 1 aromatic heterocycles. The summed E-state index contributed by atoms with van der Waals surface area (Å²) < 4.78 is 1.80. The van der Waals surface area contributed by atoms with Crippen molar-refractivity contribution < 1.29 is 9.90 Å². The first-order chi connectivity index (χ1) is 8.79. The number of nitrogens with zero attached hydrogens (tertiary/aromatic N) is 2. The van der Waals surface area contributed by atoms with Crippen molar-refractivity contribution in [2.45, 2.75) is 51.6 Å². The van der Waals surface area contributed by atoms with Gasteiger partial charge in [0, 0.05) is 30.8 Å². The van der Waals surface area contributed by atoms with Gasteiger partial charge in [-0.2, -0.15) is 5.10 Å². The first-order valence-corrected chi connectivity index (χ1v) is 6.78. The summed E-state index contributed by atoms with van der Waals surface area (Å²) >= 11 is 0. The van der Waals surface area contributed by atoms with Crippen molar-refractivity contribution in [2.75, 3.05) is 0 Å². The van der Waals surface area contributed by atoms with Crippen LogP contribution in [0.25, 0.3) is 0 Å². The summed E-state index contributed by atoms with van der Waals surface area (Å²) in [4.78, 5) is 11.2. The maximum atomic E-state index is 11.2. The van der Waals surface area contributed by atoms with E-state index in [9.17, 15) is 9.90 Å². The molecular formula is C14H23N3O2. The van der Waals surface area contributed by atoms with Crippen LogP contribution in [0.4, 0.5) is 0 Å². The fourth-order valence-corrected chi connectivity index (χ4v) is 2.40. The number of aliphatic carboxylic acids is 1. The Bertz CT molecular complexity index is 470. The average Bonchev–Trinajstić information content (AvgIpc) is 3.00. The third-order valence-corrected chi connectivity index (χ3v) is 3.49. The lowest BCUT2D eigenvalue weighted by molar-refractivity contribution is -0.140. The minimum atomic E-state index is -0.747. The molecule has 0 saturated heterocycles. The zero-order valence-electron chi connectivity index (χ0n) is 12.1. The smallest absolute Gasteiger partial charge is 0.320 e. The molecule has 1 aliphatic rings. The lowest BCUT2D eigenvalue weighted by atomic mass is 9.89. The summed E-state index contributed by atoms with van der Waals surface area (Å²) in [5.41, 5.74) is 2.08. The van der Waals surface area contributed by atoms with Crippen molar-refractivity contribution >= 4 is 5.97 Å². The zero-order chi connectivity index (χ0) is 14.2. The fraction of sp³-hybridized carbons (Fsp3) is 0.714. The molecule has 2 rings (SSSR count). The van der Waals surface area contributed by atoms with E-state index in [1.54, 1.807) is 4.68 Å². The molecule has 0 spiro atoms. The van der Waals surface area contributed by atoms with Gasteiger partial charge >= 0.3 is 5.97 Å². The van der Waals surface area contributed by atoms with Gasteiger partial charge in [0.15, 0.2) is 0 Å². The first-order valence-electron chi connectivity index (χ1n) is 6.78. The van der Waals surface area contributed by atoms with E-state index < -0.39 is 12.0 Å². The summed E-state index contributed by atoms with van der Waals surface area (Å²) in [6.45, 7) is 6.92. The Morgan fingerprint density at radius 3 is 2.68 bits per heavy atom. The molecule has 1 aliphatic carbocycles. The number of carboxylic acids is 1. The Hall–Kier alpha value is -1.36. The number of hydrogen-bond acceptors (Lipinski definition) is 3. The molecular weight excluding hydrogens is 242 g/mol. The van der Waals surface area contributed by atoms with E-state index in [2.05, 4.69) is 31.2 Å². The van der Waals surface area contributed by atoms with Crippen LogP contribution in [0.2, 0.25) is 0 Å². The number of aromatic nitrogens is 2. The highest BCUT2D eigenvalue weighted by Crippen LogP contribution is 2.33. The van der Waals surface area contributed by atoms with Crippen LogP contribution in [0.1, 0.15) is 44.9 Å². The van der Waals surface area contributed by atoms with Gasteiger partial charge in [-0.15, -0.1) is 0 Å². The molecule has 1 fully saturated rings. The lowest BCUT2D eigenvalue weighted by Crippen LogP contribution is -2.38. The minimum absolute atomic E-state index is 0.0312. The predicted molar refractivity (Wildman–Crippen MR) is 72.9 cm³/mol. The van der Waals surface area contributed by atoms with Crippen LogP contribution in [-0.4, -0.2) is 26.9 Å². The van der Waals surface area contributed by atoms with Crippen LogP contribution < -0.4 is 5.32 Å². The number of rotatable bonds is 5. The van der Waals surface area contributed by atoms with Crippen LogP contribution in [0, 0.1) is 5.92 Å². The third-order valence-electron chi connectivity index (χ3n) is 3.49. The Morgan fingerprint density at radius 1 is 1.58 bits per heavy atom. The van der Waals surface area contributed by atoms with E-state index in [4.69, 9.17) is 0 Å². The van der Waals surface area contributed by atoms with Gasteiger partial charge in [-0.3, -0.25) is 14.8 Å². The van der Waals surface area contributed by atoms with Crippen LogP contribution in [-0.2, 0) is 23.8 Å². The SMILES string of the molecule is Cn1cc(CNC(C(=O)O)C2CC2)c(C(C)(C)C)n1. The molecule has 0 aliphatic heterocycles. The summed E-state index contributed by atoms with van der Waals surface area (Å²) in [6.07, 6.45) is 4.01. The Morgan fingerprint density at radius 2 is 2.21 bits per heavy atom. The molecule has 5 nitrogen and oxygen atoms in total. The second kappa shape index (κ2) is 4.96. The zero-order valence-corrected chi connectivity index (χ0v) is 12.1. The van der Waals surface area contributed by atoms with Crippen molar-refractivity contribution in [3.8, 4) is 0 Å². The van der Waals surface area contributed by atoms with E-state index in [-0.39, 0.29) is 5.41 Å². The molecule has 0 bridgehead atoms. The van der Waals surface area contributed by atoms with Crippen molar-refractivity contribution in [2.24, 2.45) is 13.0 Å². The van der Waals surface area contributed by atoms with Gasteiger partial charge in [-0.1, -0.05) is 20.8 Å². The number of hydrogen-bond donors (Lipinski definition) is 2. The topological polar surface area (TPSA) is 67.2 Å². The van der Waals surface area contributed by atoms with Crippen LogP contribution in [0.5, 0.6) is 0 Å². The van der Waals surface area contributed by atoms with Gasteiger partial charge in [-0.05, 0) is 18.8 Å². The first kappa shape index (κ1) is 14.1. The Kier molecular flexibility index (Phi) is 3.67. The molecule has 1 unspecified atom stereocenters. The van der Waals surface area contributed by atoms with E-state index in [0.29, 0.717) is 12.5 Å². The van der Waals surface area contributed by atoms with E-state index >= 15 is 0 Å². The summed E-state index contributed by atoms with van der Waals surface area (Å²) in [7, 11) is 1.90. The van der Waals surface area contributed by atoms with E-state index in [0.717, 1.165) is 24.1 Å². The summed E-state index contributed by atoms with van der Waals surface area (Å²) in [5, 5.41) is 16.9.